The molecule has 4 nitrogen and oxygen atoms in total. The second kappa shape index (κ2) is 9.57. The van der Waals surface area contributed by atoms with Crippen molar-refractivity contribution in [2.24, 2.45) is 7.05 Å². The van der Waals surface area contributed by atoms with Gasteiger partial charge in [-0.15, -0.1) is 13.2 Å². The van der Waals surface area contributed by atoms with Crippen molar-refractivity contribution in [3.8, 4) is 5.75 Å². The van der Waals surface area contributed by atoms with E-state index in [1.165, 1.54) is 12.1 Å². The van der Waals surface area contributed by atoms with Crippen molar-refractivity contribution in [2.75, 3.05) is 5.32 Å². The lowest BCUT2D eigenvalue weighted by molar-refractivity contribution is -0.274. The average Bonchev–Trinajstić information content (AvgIpc) is 3.01. The van der Waals surface area contributed by atoms with Crippen LogP contribution in [0.15, 0.2) is 30.3 Å². The highest BCUT2D eigenvalue weighted by molar-refractivity contribution is 6.35. The van der Waals surface area contributed by atoms with Crippen LogP contribution in [0.3, 0.4) is 0 Å². The molecule has 0 radical (unpaired) electrons. The molecule has 168 valence electrons. The smallest absolute Gasteiger partial charge is 0.404 e. The first-order valence-electron chi connectivity index (χ1n) is 10.1. The number of hydrogen-bond donors (Lipinski definition) is 1. The van der Waals surface area contributed by atoms with Crippen LogP contribution in [0.4, 0.5) is 24.8 Å². The Hall–Kier alpha value is -2.12. The summed E-state index contributed by atoms with van der Waals surface area (Å²) in [6.45, 7) is 4.30. The Morgan fingerprint density at radius 1 is 1.10 bits per heavy atom. The Bertz CT molecular complexity index is 1060. The predicted octanol–water partition coefficient (Wildman–Crippen LogP) is 8.21. The van der Waals surface area contributed by atoms with Crippen LogP contribution in [-0.4, -0.2) is 15.9 Å². The minimum Gasteiger partial charge on any atom is -0.404 e. The van der Waals surface area contributed by atoms with Crippen molar-refractivity contribution in [1.29, 1.82) is 0 Å². The first kappa shape index (κ1) is 23.5. The fourth-order valence-corrected chi connectivity index (χ4v) is 4.20. The number of halogens is 5. The number of rotatable bonds is 8. The lowest BCUT2D eigenvalue weighted by Crippen LogP contribution is -2.18. The number of anilines is 2. The number of fused-ring (bicyclic) bond motifs is 1. The van der Waals surface area contributed by atoms with Crippen LogP contribution >= 0.6 is 23.2 Å². The molecule has 0 atom stereocenters. The van der Waals surface area contributed by atoms with Crippen LogP contribution in [0, 0.1) is 0 Å². The summed E-state index contributed by atoms with van der Waals surface area (Å²) in [6.07, 6.45) is -0.711. The lowest BCUT2D eigenvalue weighted by atomic mass is 9.89. The highest BCUT2D eigenvalue weighted by Crippen LogP contribution is 2.38. The highest BCUT2D eigenvalue weighted by atomic mass is 35.5. The monoisotopic (exact) mass is 473 g/mol. The molecule has 0 aliphatic carbocycles. The largest absolute Gasteiger partial charge is 0.573 e. The molecule has 3 rings (SSSR count). The van der Waals surface area contributed by atoms with Gasteiger partial charge in [-0.05, 0) is 42.5 Å². The SMILES string of the molecule is CCCC(CCC)c1ccc(Cl)c2nc(Nc3ccc(Cl)cc3OC(F)(F)F)n(C)c12. The quantitative estimate of drug-likeness (QED) is 0.358. The number of imidazole rings is 1. The second-order valence-electron chi connectivity index (χ2n) is 7.42. The van der Waals surface area contributed by atoms with E-state index in [0.29, 0.717) is 22.4 Å². The third kappa shape index (κ3) is 5.39. The van der Waals surface area contributed by atoms with E-state index in [1.54, 1.807) is 0 Å². The molecule has 1 N–H and O–H groups in total. The molecule has 9 heteroatoms. The Morgan fingerprint density at radius 3 is 2.39 bits per heavy atom. The molecular formula is C22H24Cl2F3N3O. The Morgan fingerprint density at radius 2 is 1.77 bits per heavy atom. The van der Waals surface area contributed by atoms with E-state index in [1.807, 2.05) is 23.7 Å². The summed E-state index contributed by atoms with van der Waals surface area (Å²) in [4.78, 5) is 4.58. The molecule has 0 spiro atoms. The molecule has 0 amide bonds. The summed E-state index contributed by atoms with van der Waals surface area (Å²) in [5.74, 6) is 0.260. The van der Waals surface area contributed by atoms with E-state index < -0.39 is 12.1 Å². The molecular weight excluding hydrogens is 450 g/mol. The predicted molar refractivity (Wildman–Crippen MR) is 120 cm³/mol. The van der Waals surface area contributed by atoms with Crippen LogP contribution < -0.4 is 10.1 Å². The van der Waals surface area contributed by atoms with Crippen molar-refractivity contribution in [3.05, 3.63) is 45.9 Å². The van der Waals surface area contributed by atoms with E-state index in [0.717, 1.165) is 42.8 Å². The molecule has 31 heavy (non-hydrogen) atoms. The molecule has 0 aliphatic rings. The Labute approximate surface area is 189 Å². The van der Waals surface area contributed by atoms with Crippen LogP contribution in [-0.2, 0) is 7.05 Å². The van der Waals surface area contributed by atoms with Gasteiger partial charge in [-0.25, -0.2) is 4.98 Å². The first-order valence-corrected chi connectivity index (χ1v) is 10.9. The number of ether oxygens (including phenoxy) is 1. The number of aryl methyl sites for hydroxylation is 1. The van der Waals surface area contributed by atoms with Gasteiger partial charge >= 0.3 is 6.36 Å². The maximum atomic E-state index is 12.8. The van der Waals surface area contributed by atoms with Crippen molar-refractivity contribution >= 4 is 45.9 Å². The van der Waals surface area contributed by atoms with Gasteiger partial charge in [0.05, 0.1) is 16.2 Å². The van der Waals surface area contributed by atoms with E-state index in [4.69, 9.17) is 23.2 Å². The summed E-state index contributed by atoms with van der Waals surface area (Å²) in [5, 5.41) is 3.56. The molecule has 0 unspecified atom stereocenters. The number of nitrogens with zero attached hydrogens (tertiary/aromatic N) is 2. The normalized spacial score (nSPS) is 12.0. The minimum atomic E-state index is -4.85. The molecule has 1 heterocycles. The van der Waals surface area contributed by atoms with E-state index >= 15 is 0 Å². The third-order valence-electron chi connectivity index (χ3n) is 5.13. The molecule has 0 fully saturated rings. The number of aromatic nitrogens is 2. The minimum absolute atomic E-state index is 0.0940. The zero-order chi connectivity index (χ0) is 22.8. The molecule has 3 aromatic rings. The summed E-state index contributed by atoms with van der Waals surface area (Å²) in [7, 11) is 1.81. The number of hydrogen-bond acceptors (Lipinski definition) is 3. The fraction of sp³-hybridized carbons (Fsp3) is 0.409. The van der Waals surface area contributed by atoms with Crippen LogP contribution in [0.2, 0.25) is 10.0 Å². The van der Waals surface area contributed by atoms with Crippen LogP contribution in [0.25, 0.3) is 11.0 Å². The van der Waals surface area contributed by atoms with E-state index in [2.05, 4.69) is 28.9 Å². The standard InChI is InChI=1S/C22H24Cl2F3N3O/c1-4-6-13(7-5-2)15-9-10-16(24)19-20(15)30(3)21(29-19)28-17-11-8-14(23)12-18(17)31-22(25,26)27/h8-13H,4-7H2,1-3H3,(H,28,29). The van der Waals surface area contributed by atoms with E-state index in [9.17, 15) is 13.2 Å². The van der Waals surface area contributed by atoms with Gasteiger partial charge in [0.15, 0.2) is 5.75 Å². The van der Waals surface area contributed by atoms with Crippen molar-refractivity contribution in [1.82, 2.24) is 9.55 Å². The number of benzene rings is 2. The molecule has 0 saturated carbocycles. The first-order chi connectivity index (χ1) is 14.6. The van der Waals surface area contributed by atoms with Crippen molar-refractivity contribution < 1.29 is 17.9 Å². The lowest BCUT2D eigenvalue weighted by Gasteiger charge is -2.18. The summed E-state index contributed by atoms with van der Waals surface area (Å²) in [6, 6.07) is 7.85. The van der Waals surface area contributed by atoms with Crippen molar-refractivity contribution in [3.63, 3.8) is 0 Å². The topological polar surface area (TPSA) is 39.1 Å². The van der Waals surface area contributed by atoms with Gasteiger partial charge in [0, 0.05) is 18.1 Å². The molecule has 1 aromatic heterocycles. The van der Waals surface area contributed by atoms with Gasteiger partial charge in [0.2, 0.25) is 5.95 Å². The summed E-state index contributed by atoms with van der Waals surface area (Å²) >= 11 is 12.3. The van der Waals surface area contributed by atoms with Gasteiger partial charge in [-0.3, -0.25) is 0 Å². The molecule has 2 aromatic carbocycles. The highest BCUT2D eigenvalue weighted by Gasteiger charge is 2.32. The van der Waals surface area contributed by atoms with Gasteiger partial charge in [0.25, 0.3) is 0 Å². The van der Waals surface area contributed by atoms with Crippen LogP contribution in [0.5, 0.6) is 5.75 Å². The van der Waals surface area contributed by atoms with Gasteiger partial charge in [-0.1, -0.05) is 56.0 Å². The van der Waals surface area contributed by atoms with Crippen LogP contribution in [0.1, 0.15) is 51.0 Å². The van der Waals surface area contributed by atoms with Gasteiger partial charge in [-0.2, -0.15) is 0 Å². The second-order valence-corrected chi connectivity index (χ2v) is 8.26. The molecule has 0 bridgehead atoms. The van der Waals surface area contributed by atoms with Crippen molar-refractivity contribution in [2.45, 2.75) is 51.8 Å². The number of nitrogens with one attached hydrogen (secondary N) is 1. The molecule has 0 saturated heterocycles. The summed E-state index contributed by atoms with van der Waals surface area (Å²) in [5.41, 5.74) is 2.70. The van der Waals surface area contributed by atoms with Gasteiger partial charge in [0.1, 0.15) is 5.52 Å². The van der Waals surface area contributed by atoms with Gasteiger partial charge < -0.3 is 14.6 Å². The maximum absolute atomic E-state index is 12.8. The Balaban J connectivity index is 2.08. The molecule has 0 aliphatic heterocycles. The van der Waals surface area contributed by atoms with E-state index in [-0.39, 0.29) is 10.7 Å². The maximum Gasteiger partial charge on any atom is 0.573 e. The zero-order valence-electron chi connectivity index (χ0n) is 17.5. The number of alkyl halides is 3. The summed E-state index contributed by atoms with van der Waals surface area (Å²) < 4.78 is 44.5. The Kier molecular flexibility index (Phi) is 7.27. The zero-order valence-corrected chi connectivity index (χ0v) is 19.0. The average molecular weight is 474 g/mol. The third-order valence-corrected chi connectivity index (χ3v) is 5.67. The fourth-order valence-electron chi connectivity index (χ4n) is 3.84.